The minimum atomic E-state index is -0.305. The van der Waals surface area contributed by atoms with Crippen LogP contribution in [0.1, 0.15) is 10.6 Å². The summed E-state index contributed by atoms with van der Waals surface area (Å²) in [6, 6.07) is 13.1. The van der Waals surface area contributed by atoms with Crippen molar-refractivity contribution in [1.29, 1.82) is 0 Å². The molecular weight excluding hydrogens is 335 g/mol. The number of amides is 1. The van der Waals surface area contributed by atoms with Gasteiger partial charge in [0, 0.05) is 24.8 Å². The zero-order valence-corrected chi connectivity index (χ0v) is 13.7. The van der Waals surface area contributed by atoms with Gasteiger partial charge < -0.3 is 14.3 Å². The van der Waals surface area contributed by atoms with Crippen molar-refractivity contribution >= 4 is 17.1 Å². The molecule has 130 valence electrons. The van der Waals surface area contributed by atoms with Gasteiger partial charge in [0.25, 0.3) is 5.91 Å². The Labute approximate surface area is 148 Å². The molecule has 0 bridgehead atoms. The van der Waals surface area contributed by atoms with Crippen molar-refractivity contribution in [3.63, 3.8) is 0 Å². The molecule has 0 saturated heterocycles. The zero-order valence-electron chi connectivity index (χ0n) is 13.7. The maximum Gasteiger partial charge on any atom is 0.287 e. The van der Waals surface area contributed by atoms with Gasteiger partial charge in [-0.3, -0.25) is 4.79 Å². The molecule has 0 fully saturated rings. The van der Waals surface area contributed by atoms with Crippen LogP contribution in [0, 0.1) is 5.82 Å². The Morgan fingerprint density at radius 3 is 2.77 bits per heavy atom. The lowest BCUT2D eigenvalue weighted by atomic mass is 10.2. The molecule has 3 heterocycles. The van der Waals surface area contributed by atoms with Crippen LogP contribution >= 0.6 is 0 Å². The SMILES string of the molecule is O=C(NCCn1c(-c2ccc(F)cc2)nc2cccnc21)c1ccco1. The van der Waals surface area contributed by atoms with Gasteiger partial charge >= 0.3 is 0 Å². The second-order valence-corrected chi connectivity index (χ2v) is 5.67. The quantitative estimate of drug-likeness (QED) is 0.600. The molecule has 0 saturated carbocycles. The fourth-order valence-electron chi connectivity index (χ4n) is 2.77. The molecule has 26 heavy (non-hydrogen) atoms. The number of nitrogens with zero attached hydrogens (tertiary/aromatic N) is 3. The molecule has 1 amide bonds. The van der Waals surface area contributed by atoms with Crippen LogP contribution in [0.25, 0.3) is 22.6 Å². The molecule has 0 atom stereocenters. The Bertz CT molecular complexity index is 1040. The molecule has 7 heteroatoms. The summed E-state index contributed by atoms with van der Waals surface area (Å²) in [6.45, 7) is 0.836. The molecule has 0 aliphatic rings. The molecule has 3 aromatic heterocycles. The van der Waals surface area contributed by atoms with E-state index >= 15 is 0 Å². The highest BCUT2D eigenvalue weighted by Gasteiger charge is 2.14. The molecule has 1 aromatic carbocycles. The smallest absolute Gasteiger partial charge is 0.287 e. The molecule has 0 aliphatic carbocycles. The number of rotatable bonds is 5. The summed E-state index contributed by atoms with van der Waals surface area (Å²) in [5.74, 6) is 0.347. The third-order valence-electron chi connectivity index (χ3n) is 3.97. The molecule has 1 N–H and O–H groups in total. The summed E-state index contributed by atoms with van der Waals surface area (Å²) < 4.78 is 20.2. The number of carbonyl (C=O) groups is 1. The fraction of sp³-hybridized carbons (Fsp3) is 0.105. The van der Waals surface area contributed by atoms with Crippen LogP contribution < -0.4 is 5.32 Å². The van der Waals surface area contributed by atoms with Crippen LogP contribution in [0.5, 0.6) is 0 Å². The van der Waals surface area contributed by atoms with E-state index in [0.717, 1.165) is 11.1 Å². The molecule has 4 rings (SSSR count). The lowest BCUT2D eigenvalue weighted by Crippen LogP contribution is -2.27. The van der Waals surface area contributed by atoms with E-state index in [2.05, 4.69) is 15.3 Å². The van der Waals surface area contributed by atoms with Crippen LogP contribution in [0.2, 0.25) is 0 Å². The van der Waals surface area contributed by atoms with E-state index in [-0.39, 0.29) is 17.5 Å². The van der Waals surface area contributed by atoms with E-state index < -0.39 is 0 Å². The summed E-state index contributed by atoms with van der Waals surface area (Å²) >= 11 is 0. The average molecular weight is 350 g/mol. The predicted octanol–water partition coefficient (Wildman–Crippen LogP) is 3.26. The average Bonchev–Trinajstić information content (AvgIpc) is 3.31. The predicted molar refractivity (Wildman–Crippen MR) is 94.0 cm³/mol. The monoisotopic (exact) mass is 350 g/mol. The van der Waals surface area contributed by atoms with E-state index in [1.165, 1.54) is 18.4 Å². The summed E-state index contributed by atoms with van der Waals surface area (Å²) in [5, 5.41) is 2.81. The number of pyridine rings is 1. The first-order chi connectivity index (χ1) is 12.7. The Kier molecular flexibility index (Phi) is 4.18. The van der Waals surface area contributed by atoms with Gasteiger partial charge in [-0.05, 0) is 48.5 Å². The van der Waals surface area contributed by atoms with Gasteiger partial charge in [0.15, 0.2) is 11.4 Å². The summed E-state index contributed by atoms with van der Waals surface area (Å²) in [6.07, 6.45) is 3.14. The van der Waals surface area contributed by atoms with Crippen LogP contribution in [0.15, 0.2) is 65.4 Å². The number of hydrogen-bond acceptors (Lipinski definition) is 4. The fourth-order valence-corrected chi connectivity index (χ4v) is 2.77. The highest BCUT2D eigenvalue weighted by atomic mass is 19.1. The number of furan rings is 1. The zero-order chi connectivity index (χ0) is 17.9. The lowest BCUT2D eigenvalue weighted by molar-refractivity contribution is 0.0924. The topological polar surface area (TPSA) is 73.0 Å². The maximum atomic E-state index is 13.2. The standard InChI is InChI=1S/C19H15FN4O2/c20-14-7-5-13(6-8-14)17-23-15-3-1-9-21-18(15)24(17)11-10-22-19(25)16-4-2-12-26-16/h1-9,12H,10-11H2,(H,22,25). The number of imidazole rings is 1. The first-order valence-corrected chi connectivity index (χ1v) is 8.11. The van der Waals surface area contributed by atoms with Crippen molar-refractivity contribution in [2.24, 2.45) is 0 Å². The second-order valence-electron chi connectivity index (χ2n) is 5.67. The van der Waals surface area contributed by atoms with Crippen molar-refractivity contribution in [3.05, 3.63) is 72.6 Å². The molecule has 0 unspecified atom stereocenters. The molecule has 0 spiro atoms. The van der Waals surface area contributed by atoms with Crippen molar-refractivity contribution in [1.82, 2.24) is 19.9 Å². The molecule has 0 radical (unpaired) electrons. The third kappa shape index (κ3) is 3.06. The number of nitrogens with one attached hydrogen (secondary N) is 1. The molecule has 0 aliphatic heterocycles. The van der Waals surface area contributed by atoms with Gasteiger partial charge in [0.2, 0.25) is 0 Å². The number of hydrogen-bond donors (Lipinski definition) is 1. The minimum absolute atomic E-state index is 0.261. The van der Waals surface area contributed by atoms with Crippen molar-refractivity contribution in [2.45, 2.75) is 6.54 Å². The van der Waals surface area contributed by atoms with E-state index in [4.69, 9.17) is 4.42 Å². The maximum absolute atomic E-state index is 13.2. The minimum Gasteiger partial charge on any atom is -0.459 e. The van der Waals surface area contributed by atoms with E-state index in [1.54, 1.807) is 30.5 Å². The molecule has 4 aromatic rings. The van der Waals surface area contributed by atoms with E-state index in [0.29, 0.717) is 24.6 Å². The van der Waals surface area contributed by atoms with Crippen molar-refractivity contribution in [2.75, 3.05) is 6.54 Å². The van der Waals surface area contributed by atoms with Gasteiger partial charge in [0.05, 0.1) is 6.26 Å². The Balaban J connectivity index is 1.61. The van der Waals surface area contributed by atoms with Gasteiger partial charge in [-0.2, -0.15) is 0 Å². The van der Waals surface area contributed by atoms with E-state index in [1.807, 2.05) is 16.7 Å². The summed E-state index contributed by atoms with van der Waals surface area (Å²) in [7, 11) is 0. The number of benzene rings is 1. The largest absolute Gasteiger partial charge is 0.459 e. The first-order valence-electron chi connectivity index (χ1n) is 8.11. The number of carbonyl (C=O) groups excluding carboxylic acids is 1. The summed E-state index contributed by atoms with van der Waals surface area (Å²) in [5.41, 5.74) is 2.23. The van der Waals surface area contributed by atoms with Crippen LogP contribution in [0.4, 0.5) is 4.39 Å². The molecular formula is C19H15FN4O2. The van der Waals surface area contributed by atoms with E-state index in [9.17, 15) is 9.18 Å². The van der Waals surface area contributed by atoms with Gasteiger partial charge in [-0.1, -0.05) is 0 Å². The second kappa shape index (κ2) is 6.79. The number of fused-ring (bicyclic) bond motifs is 1. The first kappa shape index (κ1) is 16.0. The van der Waals surface area contributed by atoms with Gasteiger partial charge in [-0.15, -0.1) is 0 Å². The summed E-state index contributed by atoms with van der Waals surface area (Å²) in [4.78, 5) is 21.0. The highest BCUT2D eigenvalue weighted by Crippen LogP contribution is 2.23. The Morgan fingerprint density at radius 1 is 1.15 bits per heavy atom. The van der Waals surface area contributed by atoms with Crippen molar-refractivity contribution in [3.8, 4) is 11.4 Å². The molecule has 6 nitrogen and oxygen atoms in total. The highest BCUT2D eigenvalue weighted by molar-refractivity contribution is 5.91. The van der Waals surface area contributed by atoms with Crippen LogP contribution in [-0.2, 0) is 6.54 Å². The van der Waals surface area contributed by atoms with Gasteiger partial charge in [0.1, 0.15) is 17.2 Å². The Hall–Kier alpha value is -3.48. The number of halogens is 1. The third-order valence-corrected chi connectivity index (χ3v) is 3.97. The van der Waals surface area contributed by atoms with Crippen molar-refractivity contribution < 1.29 is 13.6 Å². The van der Waals surface area contributed by atoms with Crippen LogP contribution in [0.3, 0.4) is 0 Å². The Morgan fingerprint density at radius 2 is 2.00 bits per heavy atom. The lowest BCUT2D eigenvalue weighted by Gasteiger charge is -2.09. The van der Waals surface area contributed by atoms with Gasteiger partial charge in [-0.25, -0.2) is 14.4 Å². The van der Waals surface area contributed by atoms with Crippen LogP contribution in [-0.4, -0.2) is 27.0 Å². The normalized spacial score (nSPS) is 11.0. The number of aromatic nitrogens is 3.